The predicted octanol–water partition coefficient (Wildman–Crippen LogP) is 2.64. The van der Waals surface area contributed by atoms with E-state index in [1.54, 1.807) is 0 Å². The molecule has 0 bridgehead atoms. The molecule has 0 amide bonds. The number of pyridine rings is 1. The summed E-state index contributed by atoms with van der Waals surface area (Å²) in [5, 5.41) is -0.357. The van der Waals surface area contributed by atoms with E-state index in [-0.39, 0.29) is 16.5 Å². The number of alkyl halides is 3. The Morgan fingerprint density at radius 1 is 1.21 bits per heavy atom. The Morgan fingerprint density at radius 2 is 1.89 bits per heavy atom. The van der Waals surface area contributed by atoms with E-state index in [1.807, 2.05) is 4.98 Å². The molecule has 0 atom stereocenters. The molecule has 2 aromatic rings. The molecule has 0 saturated heterocycles. The van der Waals surface area contributed by atoms with Gasteiger partial charge in [0.25, 0.3) is 5.56 Å². The number of nitrogens with one attached hydrogen (secondary N) is 1. The van der Waals surface area contributed by atoms with Gasteiger partial charge in [-0.1, -0.05) is 11.6 Å². The zero-order chi connectivity index (χ0) is 14.2. The summed E-state index contributed by atoms with van der Waals surface area (Å²) in [7, 11) is 0. The fraction of sp³-hybridized carbons (Fsp3) is 0.100. The van der Waals surface area contributed by atoms with Gasteiger partial charge in [-0.25, -0.2) is 4.98 Å². The summed E-state index contributed by atoms with van der Waals surface area (Å²) in [6.45, 7) is 0. The highest BCUT2D eigenvalue weighted by molar-refractivity contribution is 6.32. The Balaban J connectivity index is 2.52. The highest BCUT2D eigenvalue weighted by Gasteiger charge is 2.31. The number of aromatic amines is 1. The van der Waals surface area contributed by atoms with E-state index in [1.165, 1.54) is 0 Å². The van der Waals surface area contributed by atoms with Crippen LogP contribution in [0.3, 0.4) is 0 Å². The molecule has 4 nitrogen and oxygen atoms in total. The van der Waals surface area contributed by atoms with Crippen LogP contribution in [-0.4, -0.2) is 15.0 Å². The van der Waals surface area contributed by atoms with Crippen LogP contribution in [0.2, 0.25) is 5.02 Å². The number of halogens is 5. The Morgan fingerprint density at radius 3 is 2.42 bits per heavy atom. The normalized spacial score (nSPS) is 11.6. The summed E-state index contributed by atoms with van der Waals surface area (Å²) in [6, 6.07) is 0.646. The molecule has 2 heterocycles. The van der Waals surface area contributed by atoms with Crippen LogP contribution in [0.15, 0.2) is 23.3 Å². The molecule has 0 unspecified atom stereocenters. The van der Waals surface area contributed by atoms with Crippen LogP contribution in [0, 0.1) is 5.82 Å². The van der Waals surface area contributed by atoms with Gasteiger partial charge in [0.05, 0.1) is 16.8 Å². The standard InChI is InChI=1S/C10H4ClF4N3O/c11-5-1-4(10(13,14)15)2-16-7(5)8-17-3-6(12)9(19)18-8/h1-3H,(H,17,18,19). The minimum Gasteiger partial charge on any atom is -0.303 e. The van der Waals surface area contributed by atoms with Crippen LogP contribution in [0.5, 0.6) is 0 Å². The van der Waals surface area contributed by atoms with Crippen molar-refractivity contribution in [1.82, 2.24) is 15.0 Å². The second kappa shape index (κ2) is 4.61. The largest absolute Gasteiger partial charge is 0.417 e. The molecule has 2 aromatic heterocycles. The van der Waals surface area contributed by atoms with E-state index in [0.29, 0.717) is 18.5 Å². The summed E-state index contributed by atoms with van der Waals surface area (Å²) >= 11 is 5.64. The maximum absolute atomic E-state index is 12.7. The molecule has 100 valence electrons. The second-order valence-corrected chi connectivity index (χ2v) is 3.87. The topological polar surface area (TPSA) is 58.6 Å². The van der Waals surface area contributed by atoms with Gasteiger partial charge in [0.2, 0.25) is 5.82 Å². The molecule has 0 spiro atoms. The summed E-state index contributed by atoms with van der Waals surface area (Å²) in [6.07, 6.45) is -3.41. The van der Waals surface area contributed by atoms with E-state index in [2.05, 4.69) is 9.97 Å². The first-order valence-electron chi connectivity index (χ1n) is 4.77. The van der Waals surface area contributed by atoms with Crippen LogP contribution in [0.4, 0.5) is 17.6 Å². The van der Waals surface area contributed by atoms with Gasteiger partial charge < -0.3 is 4.98 Å². The fourth-order valence-electron chi connectivity index (χ4n) is 1.27. The van der Waals surface area contributed by atoms with Gasteiger partial charge in [0.1, 0.15) is 5.69 Å². The van der Waals surface area contributed by atoms with E-state index >= 15 is 0 Å². The lowest BCUT2D eigenvalue weighted by molar-refractivity contribution is -0.137. The molecular weight excluding hydrogens is 290 g/mol. The van der Waals surface area contributed by atoms with Crippen molar-refractivity contribution >= 4 is 11.6 Å². The molecule has 0 aliphatic carbocycles. The highest BCUT2D eigenvalue weighted by atomic mass is 35.5. The van der Waals surface area contributed by atoms with E-state index < -0.39 is 23.1 Å². The lowest BCUT2D eigenvalue weighted by Crippen LogP contribution is -2.13. The van der Waals surface area contributed by atoms with Gasteiger partial charge in [0, 0.05) is 6.20 Å². The average Bonchev–Trinajstić information content (AvgIpc) is 2.31. The minimum atomic E-state index is -4.58. The number of rotatable bonds is 1. The molecule has 0 saturated carbocycles. The second-order valence-electron chi connectivity index (χ2n) is 3.46. The molecule has 0 aromatic carbocycles. The molecule has 19 heavy (non-hydrogen) atoms. The fourth-order valence-corrected chi connectivity index (χ4v) is 1.52. The molecule has 0 aliphatic heterocycles. The predicted molar refractivity (Wildman–Crippen MR) is 58.1 cm³/mol. The maximum Gasteiger partial charge on any atom is 0.417 e. The molecule has 0 fully saturated rings. The van der Waals surface area contributed by atoms with E-state index in [4.69, 9.17) is 11.6 Å². The number of hydrogen-bond acceptors (Lipinski definition) is 3. The van der Waals surface area contributed by atoms with Crippen LogP contribution < -0.4 is 5.56 Å². The van der Waals surface area contributed by atoms with Crippen molar-refractivity contribution in [2.45, 2.75) is 6.18 Å². The monoisotopic (exact) mass is 293 g/mol. The summed E-state index contributed by atoms with van der Waals surface area (Å²) < 4.78 is 49.9. The average molecular weight is 294 g/mol. The van der Waals surface area contributed by atoms with Gasteiger partial charge in [-0.05, 0) is 6.07 Å². The lowest BCUT2D eigenvalue weighted by atomic mass is 10.2. The number of aromatic nitrogens is 3. The van der Waals surface area contributed by atoms with Crippen LogP contribution in [-0.2, 0) is 6.18 Å². The smallest absolute Gasteiger partial charge is 0.303 e. The minimum absolute atomic E-state index is 0.174. The van der Waals surface area contributed by atoms with Crippen molar-refractivity contribution in [3.8, 4) is 11.5 Å². The van der Waals surface area contributed by atoms with Crippen molar-refractivity contribution in [2.24, 2.45) is 0 Å². The summed E-state index contributed by atoms with van der Waals surface area (Å²) in [5.41, 5.74) is -2.28. The Hall–Kier alpha value is -1.96. The number of hydrogen-bond donors (Lipinski definition) is 1. The molecule has 0 aliphatic rings. The zero-order valence-corrected chi connectivity index (χ0v) is 9.68. The van der Waals surface area contributed by atoms with Crippen LogP contribution in [0.25, 0.3) is 11.5 Å². The van der Waals surface area contributed by atoms with Crippen molar-refractivity contribution in [1.29, 1.82) is 0 Å². The first-order valence-corrected chi connectivity index (χ1v) is 5.15. The Bertz CT molecular complexity index is 683. The van der Waals surface area contributed by atoms with Crippen LogP contribution in [0.1, 0.15) is 5.56 Å². The third-order valence-corrected chi connectivity index (χ3v) is 2.44. The maximum atomic E-state index is 12.7. The van der Waals surface area contributed by atoms with Crippen molar-refractivity contribution in [3.05, 3.63) is 45.2 Å². The summed E-state index contributed by atoms with van der Waals surface area (Å²) in [4.78, 5) is 20.0. The SMILES string of the molecule is O=c1[nH]c(-c2ncc(C(F)(F)F)cc2Cl)ncc1F. The van der Waals surface area contributed by atoms with Crippen LogP contribution >= 0.6 is 11.6 Å². The third-order valence-electron chi connectivity index (χ3n) is 2.15. The number of H-pyrrole nitrogens is 1. The lowest BCUT2D eigenvalue weighted by Gasteiger charge is -2.08. The van der Waals surface area contributed by atoms with Crippen molar-refractivity contribution in [3.63, 3.8) is 0 Å². The van der Waals surface area contributed by atoms with Gasteiger partial charge in [-0.2, -0.15) is 17.6 Å². The molecule has 1 N–H and O–H groups in total. The molecule has 9 heteroatoms. The quantitative estimate of drug-likeness (QED) is 0.822. The van der Waals surface area contributed by atoms with Gasteiger partial charge in [-0.15, -0.1) is 0 Å². The van der Waals surface area contributed by atoms with Crippen molar-refractivity contribution < 1.29 is 17.6 Å². The van der Waals surface area contributed by atoms with Gasteiger partial charge in [-0.3, -0.25) is 9.78 Å². The molecule has 2 rings (SSSR count). The first-order chi connectivity index (χ1) is 8.79. The highest BCUT2D eigenvalue weighted by Crippen LogP contribution is 2.32. The zero-order valence-electron chi connectivity index (χ0n) is 8.92. The Kier molecular flexibility index (Phi) is 3.27. The molecular formula is C10H4ClF4N3O. The van der Waals surface area contributed by atoms with E-state index in [0.717, 1.165) is 0 Å². The molecule has 0 radical (unpaired) electrons. The first kappa shape index (κ1) is 13.5. The third kappa shape index (κ3) is 2.73. The van der Waals surface area contributed by atoms with Crippen molar-refractivity contribution in [2.75, 3.05) is 0 Å². The number of nitrogens with zero attached hydrogens (tertiary/aromatic N) is 2. The Labute approximate surface area is 108 Å². The van der Waals surface area contributed by atoms with E-state index in [9.17, 15) is 22.4 Å². The summed E-state index contributed by atoms with van der Waals surface area (Å²) in [5.74, 6) is -1.34. The van der Waals surface area contributed by atoms with Gasteiger partial charge >= 0.3 is 6.18 Å². The van der Waals surface area contributed by atoms with Gasteiger partial charge in [0.15, 0.2) is 5.82 Å².